The van der Waals surface area contributed by atoms with Gasteiger partial charge in [-0.25, -0.2) is 9.97 Å². The van der Waals surface area contributed by atoms with E-state index in [4.69, 9.17) is 19.5 Å². The highest BCUT2D eigenvalue weighted by atomic mass is 32.2. The molecule has 1 amide bonds. The number of benzene rings is 1. The van der Waals surface area contributed by atoms with Gasteiger partial charge in [0.1, 0.15) is 0 Å². The lowest BCUT2D eigenvalue weighted by atomic mass is 9.84. The summed E-state index contributed by atoms with van der Waals surface area (Å²) in [6, 6.07) is 6.59. The van der Waals surface area contributed by atoms with E-state index in [-0.39, 0.29) is 28.8 Å². The predicted molar refractivity (Wildman–Crippen MR) is 181 cm³/mol. The number of hydrogen-bond acceptors (Lipinski definition) is 12. The molecular weight excluding hydrogens is 636 g/mol. The molecule has 6 rings (SSSR count). The third-order valence-electron chi connectivity index (χ3n) is 9.46. The summed E-state index contributed by atoms with van der Waals surface area (Å²) in [6.45, 7) is 12.9. The van der Waals surface area contributed by atoms with E-state index in [1.807, 2.05) is 11.8 Å². The molecule has 14 nitrogen and oxygen atoms in total. The summed E-state index contributed by atoms with van der Waals surface area (Å²) in [7, 11) is -4.02. The van der Waals surface area contributed by atoms with Gasteiger partial charge in [0.2, 0.25) is 11.9 Å². The first-order valence-corrected chi connectivity index (χ1v) is 18.2. The molecule has 5 heterocycles. The van der Waals surface area contributed by atoms with Crippen molar-refractivity contribution in [2.75, 3.05) is 49.1 Å². The van der Waals surface area contributed by atoms with Crippen molar-refractivity contribution in [2.45, 2.75) is 82.7 Å². The van der Waals surface area contributed by atoms with Crippen LogP contribution >= 0.6 is 0 Å². The number of piperidine rings is 1. The van der Waals surface area contributed by atoms with Crippen LogP contribution in [0.2, 0.25) is 0 Å². The molecule has 3 aromatic rings. The highest BCUT2D eigenvalue weighted by Crippen LogP contribution is 2.30. The Morgan fingerprint density at radius 1 is 1.04 bits per heavy atom. The highest BCUT2D eigenvalue weighted by molar-refractivity contribution is 7.85. The second-order valence-electron chi connectivity index (χ2n) is 13.4. The number of hydrogen-bond donors (Lipinski definition) is 2. The largest absolute Gasteiger partial charge is 0.490 e. The minimum Gasteiger partial charge on any atom is -0.490 e. The fourth-order valence-corrected chi connectivity index (χ4v) is 6.91. The normalized spacial score (nSPS) is 21.1. The van der Waals surface area contributed by atoms with E-state index in [0.717, 1.165) is 56.7 Å². The molecule has 1 aromatic carbocycles. The molecule has 0 aliphatic carbocycles. The topological polar surface area (TPSA) is 181 Å². The van der Waals surface area contributed by atoms with Crippen molar-refractivity contribution in [3.8, 4) is 5.75 Å². The number of ether oxygens (including phenoxy) is 1. The molecule has 3 aliphatic rings. The van der Waals surface area contributed by atoms with Gasteiger partial charge in [-0.05, 0) is 56.6 Å². The maximum atomic E-state index is 12.1. The van der Waals surface area contributed by atoms with Crippen LogP contribution in [-0.4, -0.2) is 95.3 Å². The minimum absolute atomic E-state index is 0.0346. The summed E-state index contributed by atoms with van der Waals surface area (Å²) in [6.07, 6.45) is 8.23. The lowest BCUT2D eigenvalue weighted by Gasteiger charge is -2.33. The standard InChI is InChI=1S/C26H40N8O3.C7H8O3S/c1-17(2)24-30-26(37-31-24)32-10-6-19(7-11-32)18(3)8-12-36-20-13-28-25(29-14-20)33-15-21(27)22(16-33)34-9-4-5-23(34)35;1-6-2-4-7(5-3-6)11(8,9)10/h13-14,17-19,21-22H,4-12,15-16,27H2,1-3H3;2-5H,1H3,(H,8,9,10)/t18?,21-,22-;/m0./s1. The van der Waals surface area contributed by atoms with E-state index < -0.39 is 10.1 Å². The Balaban J connectivity index is 0.000000349. The van der Waals surface area contributed by atoms with Gasteiger partial charge in [-0.3, -0.25) is 9.35 Å². The molecule has 3 atom stereocenters. The quantitative estimate of drug-likeness (QED) is 0.296. The van der Waals surface area contributed by atoms with Crippen molar-refractivity contribution in [1.29, 1.82) is 0 Å². The van der Waals surface area contributed by atoms with Crippen LogP contribution in [0, 0.1) is 18.8 Å². The van der Waals surface area contributed by atoms with Gasteiger partial charge in [0, 0.05) is 51.1 Å². The fourth-order valence-electron chi connectivity index (χ4n) is 6.43. The Labute approximate surface area is 282 Å². The first-order valence-electron chi connectivity index (χ1n) is 16.8. The number of nitrogens with two attached hydrogens (primary N) is 1. The lowest BCUT2D eigenvalue weighted by molar-refractivity contribution is -0.129. The van der Waals surface area contributed by atoms with Gasteiger partial charge in [-0.2, -0.15) is 13.4 Å². The van der Waals surface area contributed by atoms with Crippen molar-refractivity contribution in [3.63, 3.8) is 0 Å². The molecule has 0 spiro atoms. The summed E-state index contributed by atoms with van der Waals surface area (Å²) < 4.78 is 41.0. The molecule has 48 heavy (non-hydrogen) atoms. The van der Waals surface area contributed by atoms with Crippen molar-refractivity contribution < 1.29 is 27.0 Å². The van der Waals surface area contributed by atoms with Crippen LogP contribution in [0.1, 0.15) is 70.2 Å². The second kappa shape index (κ2) is 15.6. The maximum absolute atomic E-state index is 12.1. The Kier molecular flexibility index (Phi) is 11.5. The molecule has 1 unspecified atom stereocenters. The summed E-state index contributed by atoms with van der Waals surface area (Å²) >= 11 is 0. The van der Waals surface area contributed by atoms with Gasteiger partial charge in [0.25, 0.3) is 10.1 Å². The molecule has 3 N–H and O–H groups in total. The van der Waals surface area contributed by atoms with Crippen LogP contribution in [0.5, 0.6) is 5.75 Å². The highest BCUT2D eigenvalue weighted by Gasteiger charge is 2.39. The first kappa shape index (κ1) is 35.5. The smallest absolute Gasteiger partial charge is 0.324 e. The first-order chi connectivity index (χ1) is 22.9. The van der Waals surface area contributed by atoms with Crippen LogP contribution in [0.15, 0.2) is 46.1 Å². The summed E-state index contributed by atoms with van der Waals surface area (Å²) in [5.41, 5.74) is 7.31. The Hall–Kier alpha value is -3.82. The van der Waals surface area contributed by atoms with Crippen molar-refractivity contribution in [2.24, 2.45) is 17.6 Å². The number of carbonyl (C=O) groups is 1. The van der Waals surface area contributed by atoms with Crippen LogP contribution in [0.25, 0.3) is 0 Å². The predicted octanol–water partition coefficient (Wildman–Crippen LogP) is 3.68. The van der Waals surface area contributed by atoms with E-state index in [0.29, 0.717) is 55.7 Å². The van der Waals surface area contributed by atoms with Crippen molar-refractivity contribution >= 4 is 28.0 Å². The Morgan fingerprint density at radius 2 is 1.73 bits per heavy atom. The molecule has 2 aromatic heterocycles. The number of nitrogens with zero attached hydrogens (tertiary/aromatic N) is 7. The molecule has 3 saturated heterocycles. The minimum atomic E-state index is -4.02. The number of rotatable bonds is 10. The van der Waals surface area contributed by atoms with Crippen LogP contribution in [0.3, 0.4) is 0 Å². The maximum Gasteiger partial charge on any atom is 0.324 e. The van der Waals surface area contributed by atoms with E-state index in [1.54, 1.807) is 24.5 Å². The van der Waals surface area contributed by atoms with Gasteiger partial charge in [-0.1, -0.05) is 43.6 Å². The van der Waals surface area contributed by atoms with Crippen LogP contribution in [0.4, 0.5) is 12.0 Å². The second-order valence-corrected chi connectivity index (χ2v) is 14.8. The molecular formula is C33H48N8O6S. The molecule has 3 aliphatic heterocycles. The summed E-state index contributed by atoms with van der Waals surface area (Å²) in [5.74, 6) is 3.78. The number of carbonyl (C=O) groups excluding carboxylic acids is 1. The zero-order chi connectivity index (χ0) is 34.4. The van der Waals surface area contributed by atoms with Crippen LogP contribution < -0.4 is 20.3 Å². The average Bonchev–Trinajstić information content (AvgIpc) is 3.82. The lowest BCUT2D eigenvalue weighted by Crippen LogP contribution is -2.47. The monoisotopic (exact) mass is 684 g/mol. The zero-order valence-electron chi connectivity index (χ0n) is 28.2. The molecule has 3 fully saturated rings. The fraction of sp³-hybridized carbons (Fsp3) is 0.606. The molecule has 0 radical (unpaired) electrons. The number of amides is 1. The Bertz CT molecular complexity index is 1590. The van der Waals surface area contributed by atoms with E-state index in [1.165, 1.54) is 12.1 Å². The summed E-state index contributed by atoms with van der Waals surface area (Å²) in [5, 5.41) is 4.09. The number of aryl methyl sites for hydroxylation is 1. The summed E-state index contributed by atoms with van der Waals surface area (Å²) in [4.78, 5) is 31.8. The molecule has 0 saturated carbocycles. The van der Waals surface area contributed by atoms with Crippen LogP contribution in [-0.2, 0) is 14.9 Å². The SMILES string of the molecule is CC(C)c1noc(N2CCC(C(C)CCOc3cnc(N4C[C@H](N)[C@@H](N5CCCC5=O)C4)nc3)CC2)n1.Cc1ccc(S(=O)(=O)O)cc1. The van der Waals surface area contributed by atoms with Gasteiger partial charge < -0.3 is 29.7 Å². The van der Waals surface area contributed by atoms with Crippen molar-refractivity contribution in [1.82, 2.24) is 25.0 Å². The molecule has 0 bridgehead atoms. The molecule has 262 valence electrons. The third-order valence-corrected chi connectivity index (χ3v) is 10.3. The van der Waals surface area contributed by atoms with E-state index in [2.05, 4.69) is 50.7 Å². The average molecular weight is 685 g/mol. The third kappa shape index (κ3) is 8.99. The van der Waals surface area contributed by atoms with Gasteiger partial charge in [0.15, 0.2) is 11.6 Å². The number of likely N-dealkylation sites (tertiary alicyclic amines) is 1. The number of anilines is 2. The van der Waals surface area contributed by atoms with Gasteiger partial charge in [-0.15, -0.1) is 0 Å². The molecule has 15 heteroatoms. The zero-order valence-corrected chi connectivity index (χ0v) is 29.1. The Morgan fingerprint density at radius 3 is 2.31 bits per heavy atom. The number of aromatic nitrogens is 4. The van der Waals surface area contributed by atoms with E-state index in [9.17, 15) is 13.2 Å². The van der Waals surface area contributed by atoms with Gasteiger partial charge >= 0.3 is 6.01 Å². The van der Waals surface area contributed by atoms with Gasteiger partial charge in [0.05, 0.1) is 29.9 Å². The van der Waals surface area contributed by atoms with Crippen molar-refractivity contribution in [3.05, 3.63) is 48.0 Å². The van der Waals surface area contributed by atoms with E-state index >= 15 is 0 Å².